The number of amides is 2. The van der Waals surface area contributed by atoms with E-state index < -0.39 is 35.2 Å². The number of H-pyrrole nitrogens is 1. The van der Waals surface area contributed by atoms with Crippen molar-refractivity contribution in [3.8, 4) is 17.3 Å². The molecule has 0 saturated heterocycles. The largest absolute Gasteiger partial charge is 0.417 e. The lowest BCUT2D eigenvalue weighted by atomic mass is 10.0. The topological polar surface area (TPSA) is 108 Å². The first-order chi connectivity index (χ1) is 14.6. The Kier molecular flexibility index (Phi) is 5.92. The molecule has 0 spiro atoms. The van der Waals surface area contributed by atoms with Gasteiger partial charge in [-0.05, 0) is 31.2 Å². The van der Waals surface area contributed by atoms with Gasteiger partial charge in [-0.15, -0.1) is 0 Å². The third kappa shape index (κ3) is 4.63. The minimum Gasteiger partial charge on any atom is -0.275 e. The molecule has 0 saturated carbocycles. The molecule has 1 N–H and O–H groups in total. The summed E-state index contributed by atoms with van der Waals surface area (Å²) in [4.78, 5) is 25.5. The second-order valence-corrected chi connectivity index (χ2v) is 6.81. The standard InChI is InChI=1S/C20H17F3N6O2/c1-12(11-28(13(2)30)19(31)18-5-7-25-26-18)29-8-6-17(27-29)14-3-4-15(10-24)16(9-14)20(21,22)23/h3-9,12H,11H2,1-2H3,(H,25,26). The van der Waals surface area contributed by atoms with E-state index in [1.54, 1.807) is 13.1 Å². The molecule has 0 radical (unpaired) electrons. The lowest BCUT2D eigenvalue weighted by Crippen LogP contribution is -2.39. The normalized spacial score (nSPS) is 12.3. The molecule has 160 valence electrons. The first kappa shape index (κ1) is 21.8. The van der Waals surface area contributed by atoms with Crippen LogP contribution in [0, 0.1) is 11.3 Å². The maximum atomic E-state index is 13.2. The van der Waals surface area contributed by atoms with Gasteiger partial charge in [-0.3, -0.25) is 24.3 Å². The maximum Gasteiger partial charge on any atom is 0.417 e. The van der Waals surface area contributed by atoms with Crippen LogP contribution in [0.1, 0.15) is 41.5 Å². The Morgan fingerprint density at radius 3 is 2.61 bits per heavy atom. The summed E-state index contributed by atoms with van der Waals surface area (Å²) in [6.45, 7) is 2.97. The van der Waals surface area contributed by atoms with Gasteiger partial charge in [0.15, 0.2) is 0 Å². The van der Waals surface area contributed by atoms with Gasteiger partial charge in [-0.1, -0.05) is 6.07 Å². The Morgan fingerprint density at radius 2 is 2.03 bits per heavy atom. The van der Waals surface area contributed by atoms with Crippen molar-refractivity contribution in [2.24, 2.45) is 0 Å². The molecule has 2 amide bonds. The van der Waals surface area contributed by atoms with Crippen LogP contribution in [0.3, 0.4) is 0 Å². The number of halogens is 3. The smallest absolute Gasteiger partial charge is 0.275 e. The highest BCUT2D eigenvalue weighted by Gasteiger charge is 2.34. The summed E-state index contributed by atoms with van der Waals surface area (Å²) in [6.07, 6.45) is -1.74. The van der Waals surface area contributed by atoms with Gasteiger partial charge < -0.3 is 0 Å². The van der Waals surface area contributed by atoms with E-state index in [0.717, 1.165) is 17.0 Å². The summed E-state index contributed by atoms with van der Waals surface area (Å²) in [5.74, 6) is -1.02. The van der Waals surface area contributed by atoms with Crippen molar-refractivity contribution >= 4 is 11.8 Å². The molecule has 1 aromatic carbocycles. The van der Waals surface area contributed by atoms with E-state index in [0.29, 0.717) is 0 Å². The number of aromatic nitrogens is 4. The summed E-state index contributed by atoms with van der Waals surface area (Å²) >= 11 is 0. The number of alkyl halides is 3. The zero-order valence-electron chi connectivity index (χ0n) is 16.5. The Labute approximate surface area is 174 Å². The van der Waals surface area contributed by atoms with Crippen molar-refractivity contribution in [3.05, 3.63) is 59.5 Å². The van der Waals surface area contributed by atoms with Crippen molar-refractivity contribution in [3.63, 3.8) is 0 Å². The fraction of sp³-hybridized carbons (Fsp3) is 0.250. The molecule has 0 fully saturated rings. The van der Waals surface area contributed by atoms with Crippen LogP contribution in [-0.2, 0) is 11.0 Å². The SMILES string of the molecule is CC(=O)N(CC(C)n1ccc(-c2ccc(C#N)c(C(F)(F)F)c2)n1)C(=O)c1ccn[nH]1. The summed E-state index contributed by atoms with van der Waals surface area (Å²) in [6, 6.07) is 7.40. The molecule has 8 nitrogen and oxygen atoms in total. The van der Waals surface area contributed by atoms with E-state index in [1.807, 2.05) is 0 Å². The first-order valence-corrected chi connectivity index (χ1v) is 9.10. The highest BCUT2D eigenvalue weighted by molar-refractivity contribution is 6.02. The zero-order chi connectivity index (χ0) is 22.8. The van der Waals surface area contributed by atoms with Gasteiger partial charge >= 0.3 is 6.18 Å². The number of benzene rings is 1. The monoisotopic (exact) mass is 430 g/mol. The number of imide groups is 1. The van der Waals surface area contributed by atoms with Gasteiger partial charge in [0, 0.05) is 24.9 Å². The van der Waals surface area contributed by atoms with Crippen LogP contribution in [0.25, 0.3) is 11.3 Å². The summed E-state index contributed by atoms with van der Waals surface area (Å²) in [5, 5.41) is 19.4. The van der Waals surface area contributed by atoms with Crippen LogP contribution in [-0.4, -0.2) is 43.2 Å². The Morgan fingerprint density at radius 1 is 1.29 bits per heavy atom. The van der Waals surface area contributed by atoms with E-state index >= 15 is 0 Å². The fourth-order valence-corrected chi connectivity index (χ4v) is 3.00. The number of carbonyl (C=O) groups is 2. The molecule has 0 aliphatic rings. The van der Waals surface area contributed by atoms with E-state index in [4.69, 9.17) is 5.26 Å². The number of carbonyl (C=O) groups excluding carboxylic acids is 2. The quantitative estimate of drug-likeness (QED) is 0.667. The highest BCUT2D eigenvalue weighted by Crippen LogP contribution is 2.34. The van der Waals surface area contributed by atoms with Crippen molar-refractivity contribution in [1.29, 1.82) is 5.26 Å². The molecule has 0 bridgehead atoms. The molecule has 0 aliphatic carbocycles. The molecule has 2 aromatic heterocycles. The molecule has 1 atom stereocenters. The second-order valence-electron chi connectivity index (χ2n) is 6.81. The number of nitrogens with one attached hydrogen (secondary N) is 1. The highest BCUT2D eigenvalue weighted by atomic mass is 19.4. The predicted molar refractivity (Wildman–Crippen MR) is 102 cm³/mol. The van der Waals surface area contributed by atoms with E-state index in [-0.39, 0.29) is 23.5 Å². The fourth-order valence-electron chi connectivity index (χ4n) is 3.00. The average Bonchev–Trinajstić information content (AvgIpc) is 3.42. The first-order valence-electron chi connectivity index (χ1n) is 9.10. The number of nitriles is 1. The second kappa shape index (κ2) is 8.43. The minimum absolute atomic E-state index is 0.00449. The molecule has 3 aromatic rings. The number of aromatic amines is 1. The lowest BCUT2D eigenvalue weighted by molar-refractivity contribution is -0.137. The van der Waals surface area contributed by atoms with Crippen molar-refractivity contribution < 1.29 is 22.8 Å². The van der Waals surface area contributed by atoms with Crippen LogP contribution in [0.2, 0.25) is 0 Å². The lowest BCUT2D eigenvalue weighted by Gasteiger charge is -2.22. The summed E-state index contributed by atoms with van der Waals surface area (Å²) in [5.41, 5.74) is -0.910. The molecule has 2 heterocycles. The Bertz CT molecular complexity index is 1140. The molecule has 3 rings (SSSR count). The minimum atomic E-state index is -4.67. The van der Waals surface area contributed by atoms with Gasteiger partial charge in [-0.25, -0.2) is 0 Å². The molecule has 0 aliphatic heterocycles. The van der Waals surface area contributed by atoms with Gasteiger partial charge in [-0.2, -0.15) is 28.6 Å². The molecule has 11 heteroatoms. The average molecular weight is 430 g/mol. The zero-order valence-corrected chi connectivity index (χ0v) is 16.5. The van der Waals surface area contributed by atoms with Crippen LogP contribution in [0.15, 0.2) is 42.7 Å². The Balaban J connectivity index is 1.84. The number of nitrogens with zero attached hydrogens (tertiary/aromatic N) is 5. The van der Waals surface area contributed by atoms with Gasteiger partial charge in [0.05, 0.1) is 35.5 Å². The van der Waals surface area contributed by atoms with Crippen LogP contribution in [0.4, 0.5) is 13.2 Å². The summed E-state index contributed by atoms with van der Waals surface area (Å²) < 4.78 is 41.1. The number of rotatable bonds is 5. The molecular weight excluding hydrogens is 413 g/mol. The third-order valence-electron chi connectivity index (χ3n) is 4.60. The predicted octanol–water partition coefficient (Wildman–Crippen LogP) is 3.41. The van der Waals surface area contributed by atoms with Gasteiger partial charge in [0.25, 0.3) is 5.91 Å². The number of hydrogen-bond acceptors (Lipinski definition) is 5. The van der Waals surface area contributed by atoms with Crippen LogP contribution in [0.5, 0.6) is 0 Å². The molecule has 31 heavy (non-hydrogen) atoms. The van der Waals surface area contributed by atoms with Crippen molar-refractivity contribution in [2.75, 3.05) is 6.54 Å². The van der Waals surface area contributed by atoms with Crippen LogP contribution >= 0.6 is 0 Å². The summed E-state index contributed by atoms with van der Waals surface area (Å²) in [7, 11) is 0. The molecule has 1 unspecified atom stereocenters. The van der Waals surface area contributed by atoms with E-state index in [9.17, 15) is 22.8 Å². The Hall–Kier alpha value is -3.94. The van der Waals surface area contributed by atoms with E-state index in [1.165, 1.54) is 42.1 Å². The van der Waals surface area contributed by atoms with Crippen molar-refractivity contribution in [1.82, 2.24) is 24.9 Å². The molecular formula is C20H17F3N6O2. The van der Waals surface area contributed by atoms with Crippen molar-refractivity contribution in [2.45, 2.75) is 26.1 Å². The van der Waals surface area contributed by atoms with Gasteiger partial charge in [0.2, 0.25) is 5.91 Å². The maximum absolute atomic E-state index is 13.2. The van der Waals surface area contributed by atoms with Gasteiger partial charge in [0.1, 0.15) is 5.69 Å². The van der Waals surface area contributed by atoms with E-state index in [2.05, 4.69) is 15.3 Å². The number of hydrogen-bond donors (Lipinski definition) is 1. The van der Waals surface area contributed by atoms with Crippen LogP contribution < -0.4 is 0 Å². The third-order valence-corrected chi connectivity index (χ3v) is 4.60.